The van der Waals surface area contributed by atoms with Crippen LogP contribution in [0.15, 0.2) is 29.3 Å². The summed E-state index contributed by atoms with van der Waals surface area (Å²) in [5.41, 5.74) is 1.20. The molecule has 1 aromatic carbocycles. The Morgan fingerprint density at radius 1 is 1.19 bits per heavy atom. The van der Waals surface area contributed by atoms with Crippen molar-refractivity contribution in [1.82, 2.24) is 10.6 Å². The van der Waals surface area contributed by atoms with Crippen LogP contribution in [0.1, 0.15) is 44.2 Å². The van der Waals surface area contributed by atoms with E-state index < -0.39 is 0 Å². The molecule has 1 unspecified atom stereocenters. The molecule has 6 nitrogen and oxygen atoms in total. The molecular weight excluding hydrogens is 457 g/mol. The lowest BCUT2D eigenvalue weighted by atomic mass is 10.0. The van der Waals surface area contributed by atoms with Gasteiger partial charge in [-0.3, -0.25) is 4.99 Å². The largest absolute Gasteiger partial charge is 0.493 e. The van der Waals surface area contributed by atoms with Gasteiger partial charge in [0.2, 0.25) is 0 Å². The van der Waals surface area contributed by atoms with Crippen molar-refractivity contribution in [3.8, 4) is 5.75 Å². The van der Waals surface area contributed by atoms with E-state index in [1.165, 1.54) is 5.56 Å². The van der Waals surface area contributed by atoms with Crippen LogP contribution in [0.3, 0.4) is 0 Å². The zero-order valence-corrected chi connectivity index (χ0v) is 18.4. The van der Waals surface area contributed by atoms with Crippen molar-refractivity contribution in [2.75, 3.05) is 39.5 Å². The molecule has 1 atom stereocenters. The summed E-state index contributed by atoms with van der Waals surface area (Å²) < 4.78 is 17.0. The van der Waals surface area contributed by atoms with Gasteiger partial charge in [0, 0.05) is 44.9 Å². The molecule has 0 spiro atoms. The Morgan fingerprint density at radius 2 is 2.00 bits per heavy atom. The van der Waals surface area contributed by atoms with Crippen LogP contribution in [0.5, 0.6) is 5.75 Å². The normalized spacial score (nSPS) is 20.2. The predicted octanol–water partition coefficient (Wildman–Crippen LogP) is 3.27. The van der Waals surface area contributed by atoms with Gasteiger partial charge in [-0.05, 0) is 32.3 Å². The number of halogens is 1. The third-order valence-corrected chi connectivity index (χ3v) is 4.71. The molecular formula is C20H32IN3O3. The Bertz CT molecular complexity index is 579. The number of aliphatic imine (C=N–C) groups is 1. The second-order valence-electron chi connectivity index (χ2n) is 6.67. The van der Waals surface area contributed by atoms with Crippen molar-refractivity contribution >= 4 is 29.9 Å². The van der Waals surface area contributed by atoms with Crippen molar-refractivity contribution in [2.45, 2.75) is 44.8 Å². The fourth-order valence-corrected chi connectivity index (χ4v) is 3.33. The molecule has 2 aliphatic heterocycles. The van der Waals surface area contributed by atoms with Crippen LogP contribution < -0.4 is 15.4 Å². The smallest absolute Gasteiger partial charge is 0.191 e. The second kappa shape index (κ2) is 12.4. The number of nitrogens with one attached hydrogen (secondary N) is 2. The number of benzene rings is 1. The quantitative estimate of drug-likeness (QED) is 0.267. The molecule has 3 rings (SSSR count). The molecule has 0 amide bonds. The molecule has 0 aliphatic carbocycles. The maximum absolute atomic E-state index is 5.91. The van der Waals surface area contributed by atoms with Gasteiger partial charge in [0.15, 0.2) is 5.96 Å². The van der Waals surface area contributed by atoms with Gasteiger partial charge < -0.3 is 24.8 Å². The molecule has 2 heterocycles. The Kier molecular flexibility index (Phi) is 10.2. The summed E-state index contributed by atoms with van der Waals surface area (Å²) in [4.78, 5) is 4.71. The number of ether oxygens (including phenoxy) is 3. The van der Waals surface area contributed by atoms with Crippen molar-refractivity contribution in [1.29, 1.82) is 0 Å². The molecule has 0 bridgehead atoms. The molecule has 1 saturated heterocycles. The monoisotopic (exact) mass is 489 g/mol. The summed E-state index contributed by atoms with van der Waals surface area (Å²) in [6, 6.07) is 8.45. The van der Waals surface area contributed by atoms with Gasteiger partial charge in [-0.2, -0.15) is 0 Å². The zero-order chi connectivity index (χ0) is 18.0. The van der Waals surface area contributed by atoms with E-state index >= 15 is 0 Å². The highest BCUT2D eigenvalue weighted by atomic mass is 127. The standard InChI is InChI=1S/C20H31N3O3.HI/c1-2-21-20(22-11-5-12-25-16-8-13-24-14-9-16)23-18-10-15-26-19-7-4-3-6-17(18)19;/h3-4,6-7,16,18H,2,5,8-15H2,1H3,(H2,21,22,23);1H. The van der Waals surface area contributed by atoms with Crippen LogP contribution in [0.25, 0.3) is 0 Å². The molecule has 27 heavy (non-hydrogen) atoms. The number of fused-ring (bicyclic) bond motifs is 1. The van der Waals surface area contributed by atoms with Crippen molar-refractivity contribution in [3.05, 3.63) is 29.8 Å². The predicted molar refractivity (Wildman–Crippen MR) is 118 cm³/mol. The third-order valence-electron chi connectivity index (χ3n) is 4.71. The molecule has 1 fully saturated rings. The lowest BCUT2D eigenvalue weighted by Gasteiger charge is -2.28. The minimum Gasteiger partial charge on any atom is -0.493 e. The van der Waals surface area contributed by atoms with E-state index in [2.05, 4.69) is 29.7 Å². The van der Waals surface area contributed by atoms with E-state index in [0.717, 1.165) is 76.9 Å². The van der Waals surface area contributed by atoms with Crippen LogP contribution in [0.2, 0.25) is 0 Å². The maximum atomic E-state index is 5.91. The first-order valence-electron chi connectivity index (χ1n) is 9.82. The second-order valence-corrected chi connectivity index (χ2v) is 6.67. The average molecular weight is 489 g/mol. The summed E-state index contributed by atoms with van der Waals surface area (Å²) in [5.74, 6) is 1.83. The van der Waals surface area contributed by atoms with Crippen LogP contribution in [0.4, 0.5) is 0 Å². The highest BCUT2D eigenvalue weighted by Gasteiger charge is 2.21. The van der Waals surface area contributed by atoms with Crippen molar-refractivity contribution in [3.63, 3.8) is 0 Å². The Balaban J connectivity index is 0.00000261. The van der Waals surface area contributed by atoms with Crippen molar-refractivity contribution in [2.24, 2.45) is 4.99 Å². The van der Waals surface area contributed by atoms with Gasteiger partial charge in [-0.1, -0.05) is 18.2 Å². The minimum absolute atomic E-state index is 0. The minimum atomic E-state index is 0. The van der Waals surface area contributed by atoms with Crippen LogP contribution in [0, 0.1) is 0 Å². The number of para-hydroxylation sites is 1. The van der Waals surface area contributed by atoms with Gasteiger partial charge in [-0.25, -0.2) is 0 Å². The molecule has 0 aromatic heterocycles. The molecule has 7 heteroatoms. The molecule has 1 aromatic rings. The summed E-state index contributed by atoms with van der Waals surface area (Å²) in [7, 11) is 0. The Hall–Kier alpha value is -1.06. The SMILES string of the molecule is CCNC(=NCCCOC1CCOCC1)NC1CCOc2ccccc21.I. The third kappa shape index (κ3) is 7.12. The maximum Gasteiger partial charge on any atom is 0.191 e. The first kappa shape index (κ1) is 22.2. The first-order chi connectivity index (χ1) is 12.9. The van der Waals surface area contributed by atoms with Crippen LogP contribution in [-0.4, -0.2) is 51.6 Å². The number of hydrogen-bond acceptors (Lipinski definition) is 4. The fraction of sp³-hybridized carbons (Fsp3) is 0.650. The first-order valence-corrected chi connectivity index (χ1v) is 9.82. The summed E-state index contributed by atoms with van der Waals surface area (Å²) >= 11 is 0. The molecule has 152 valence electrons. The number of hydrogen-bond donors (Lipinski definition) is 2. The number of rotatable bonds is 7. The topological polar surface area (TPSA) is 64.1 Å². The number of nitrogens with zero attached hydrogens (tertiary/aromatic N) is 1. The van der Waals surface area contributed by atoms with Crippen LogP contribution in [-0.2, 0) is 9.47 Å². The van der Waals surface area contributed by atoms with Crippen LogP contribution >= 0.6 is 24.0 Å². The summed E-state index contributed by atoms with van der Waals surface area (Å²) in [6.07, 6.45) is 4.25. The average Bonchev–Trinajstić information content (AvgIpc) is 2.69. The van der Waals surface area contributed by atoms with E-state index in [1.54, 1.807) is 0 Å². The van der Waals surface area contributed by atoms with E-state index in [-0.39, 0.29) is 30.0 Å². The van der Waals surface area contributed by atoms with E-state index in [4.69, 9.17) is 19.2 Å². The van der Waals surface area contributed by atoms with E-state index in [0.29, 0.717) is 6.10 Å². The molecule has 2 aliphatic rings. The highest BCUT2D eigenvalue weighted by molar-refractivity contribution is 14.0. The molecule has 0 saturated carbocycles. The Morgan fingerprint density at radius 3 is 2.81 bits per heavy atom. The van der Waals surface area contributed by atoms with E-state index in [9.17, 15) is 0 Å². The van der Waals surface area contributed by atoms with E-state index in [1.807, 2.05) is 12.1 Å². The zero-order valence-electron chi connectivity index (χ0n) is 16.1. The van der Waals surface area contributed by atoms with Crippen molar-refractivity contribution < 1.29 is 14.2 Å². The summed E-state index contributed by atoms with van der Waals surface area (Å²) in [6.45, 7) is 6.82. The fourth-order valence-electron chi connectivity index (χ4n) is 3.33. The van der Waals surface area contributed by atoms with Gasteiger partial charge in [0.05, 0.1) is 18.8 Å². The lowest BCUT2D eigenvalue weighted by Crippen LogP contribution is -2.41. The molecule has 0 radical (unpaired) electrons. The van der Waals surface area contributed by atoms with Gasteiger partial charge >= 0.3 is 0 Å². The lowest BCUT2D eigenvalue weighted by molar-refractivity contribution is -0.0318. The van der Waals surface area contributed by atoms with Gasteiger partial charge in [0.25, 0.3) is 0 Å². The summed E-state index contributed by atoms with van der Waals surface area (Å²) in [5, 5.41) is 6.90. The number of guanidine groups is 1. The Labute approximate surface area is 179 Å². The highest BCUT2D eigenvalue weighted by Crippen LogP contribution is 2.31. The molecule has 2 N–H and O–H groups in total. The van der Waals surface area contributed by atoms with Gasteiger partial charge in [-0.15, -0.1) is 24.0 Å². The van der Waals surface area contributed by atoms with Gasteiger partial charge in [0.1, 0.15) is 5.75 Å².